The fourth-order valence-electron chi connectivity index (χ4n) is 2.84. The molecular weight excluding hydrogens is 410 g/mol. The SMILES string of the molecule is COCCn1c(SCC(=O)NCCOc2cccc(C)c2)nc2cc(Cl)ccc21. The van der Waals surface area contributed by atoms with E-state index in [2.05, 4.69) is 10.3 Å². The van der Waals surface area contributed by atoms with Gasteiger partial charge < -0.3 is 19.4 Å². The van der Waals surface area contributed by atoms with Crippen LogP contribution in [0.2, 0.25) is 5.02 Å². The fourth-order valence-corrected chi connectivity index (χ4v) is 3.87. The zero-order chi connectivity index (χ0) is 20.6. The molecule has 0 unspecified atom stereocenters. The average Bonchev–Trinajstić information content (AvgIpc) is 3.04. The summed E-state index contributed by atoms with van der Waals surface area (Å²) in [7, 11) is 1.66. The van der Waals surface area contributed by atoms with Crippen molar-refractivity contribution >= 4 is 40.3 Å². The van der Waals surface area contributed by atoms with E-state index in [9.17, 15) is 4.79 Å². The predicted molar refractivity (Wildman–Crippen MR) is 117 cm³/mol. The Kier molecular flexibility index (Phi) is 7.80. The van der Waals surface area contributed by atoms with Crippen LogP contribution in [0.25, 0.3) is 11.0 Å². The molecule has 29 heavy (non-hydrogen) atoms. The van der Waals surface area contributed by atoms with Gasteiger partial charge in [-0.1, -0.05) is 35.5 Å². The Labute approximate surface area is 179 Å². The second-order valence-electron chi connectivity index (χ2n) is 6.48. The molecule has 1 heterocycles. The van der Waals surface area contributed by atoms with Crippen molar-refractivity contribution in [2.75, 3.05) is 32.6 Å². The van der Waals surface area contributed by atoms with Crippen molar-refractivity contribution in [1.29, 1.82) is 0 Å². The maximum Gasteiger partial charge on any atom is 0.230 e. The lowest BCUT2D eigenvalue weighted by molar-refractivity contribution is -0.118. The Bertz CT molecular complexity index is 977. The molecule has 0 aliphatic heterocycles. The quantitative estimate of drug-likeness (QED) is 0.387. The van der Waals surface area contributed by atoms with E-state index in [4.69, 9.17) is 21.1 Å². The number of rotatable bonds is 10. The van der Waals surface area contributed by atoms with Crippen molar-refractivity contribution in [3.63, 3.8) is 0 Å². The van der Waals surface area contributed by atoms with Crippen molar-refractivity contribution in [2.45, 2.75) is 18.6 Å². The molecule has 6 nitrogen and oxygen atoms in total. The zero-order valence-electron chi connectivity index (χ0n) is 16.5. The second-order valence-corrected chi connectivity index (χ2v) is 7.85. The van der Waals surface area contributed by atoms with E-state index in [1.54, 1.807) is 7.11 Å². The number of hydrogen-bond acceptors (Lipinski definition) is 5. The van der Waals surface area contributed by atoms with Gasteiger partial charge in [-0.2, -0.15) is 0 Å². The lowest BCUT2D eigenvalue weighted by Crippen LogP contribution is -2.29. The van der Waals surface area contributed by atoms with Crippen molar-refractivity contribution < 1.29 is 14.3 Å². The highest BCUT2D eigenvalue weighted by molar-refractivity contribution is 7.99. The zero-order valence-corrected chi connectivity index (χ0v) is 18.1. The van der Waals surface area contributed by atoms with Crippen LogP contribution < -0.4 is 10.1 Å². The number of nitrogens with zero attached hydrogens (tertiary/aromatic N) is 2. The molecule has 0 aliphatic rings. The van der Waals surface area contributed by atoms with Crippen LogP contribution in [0.5, 0.6) is 5.75 Å². The Hall–Kier alpha value is -2.22. The Morgan fingerprint density at radius 1 is 1.24 bits per heavy atom. The number of aromatic nitrogens is 2. The molecule has 0 spiro atoms. The van der Waals surface area contributed by atoms with Gasteiger partial charge in [0.1, 0.15) is 12.4 Å². The number of ether oxygens (including phenoxy) is 2. The highest BCUT2D eigenvalue weighted by atomic mass is 35.5. The number of aryl methyl sites for hydroxylation is 1. The number of methoxy groups -OCH3 is 1. The number of amides is 1. The largest absolute Gasteiger partial charge is 0.492 e. The molecule has 0 saturated carbocycles. The number of benzene rings is 2. The van der Waals surface area contributed by atoms with Gasteiger partial charge >= 0.3 is 0 Å². The minimum absolute atomic E-state index is 0.0637. The Morgan fingerprint density at radius 3 is 2.90 bits per heavy atom. The molecule has 154 valence electrons. The predicted octanol–water partition coefficient (Wildman–Crippen LogP) is 3.93. The Morgan fingerprint density at radius 2 is 2.10 bits per heavy atom. The lowest BCUT2D eigenvalue weighted by atomic mass is 10.2. The van der Waals surface area contributed by atoms with Gasteiger partial charge in [0.05, 0.1) is 29.9 Å². The second kappa shape index (κ2) is 10.5. The minimum Gasteiger partial charge on any atom is -0.492 e. The lowest BCUT2D eigenvalue weighted by Gasteiger charge is -2.09. The summed E-state index contributed by atoms with van der Waals surface area (Å²) in [6.07, 6.45) is 0. The van der Waals surface area contributed by atoms with E-state index in [0.29, 0.717) is 31.3 Å². The van der Waals surface area contributed by atoms with Gasteiger partial charge in [0.2, 0.25) is 5.91 Å². The average molecular weight is 434 g/mol. The van der Waals surface area contributed by atoms with Crippen LogP contribution in [-0.2, 0) is 16.1 Å². The first-order valence-corrected chi connectivity index (χ1v) is 10.7. The van der Waals surface area contributed by atoms with E-state index < -0.39 is 0 Å². The molecule has 1 aromatic heterocycles. The van der Waals surface area contributed by atoms with E-state index in [-0.39, 0.29) is 11.7 Å². The smallest absolute Gasteiger partial charge is 0.230 e. The molecule has 3 rings (SSSR count). The number of fused-ring (bicyclic) bond motifs is 1. The van der Waals surface area contributed by atoms with Crippen molar-refractivity contribution in [3.8, 4) is 5.75 Å². The number of carbonyl (C=O) groups excluding carboxylic acids is 1. The van der Waals surface area contributed by atoms with Gasteiger partial charge in [0.15, 0.2) is 5.16 Å². The van der Waals surface area contributed by atoms with E-state index in [1.807, 2.05) is 54.0 Å². The van der Waals surface area contributed by atoms with E-state index in [0.717, 1.165) is 27.5 Å². The molecule has 1 N–H and O–H groups in total. The summed E-state index contributed by atoms with van der Waals surface area (Å²) < 4.78 is 12.9. The molecule has 0 bridgehead atoms. The fraction of sp³-hybridized carbons (Fsp3) is 0.333. The Balaban J connectivity index is 1.52. The minimum atomic E-state index is -0.0637. The summed E-state index contributed by atoms with van der Waals surface area (Å²) in [6.45, 7) is 4.10. The van der Waals surface area contributed by atoms with Gasteiger partial charge in [0.25, 0.3) is 0 Å². The van der Waals surface area contributed by atoms with Gasteiger partial charge in [0, 0.05) is 18.7 Å². The number of halogens is 1. The summed E-state index contributed by atoms with van der Waals surface area (Å²) in [5.74, 6) is 1.01. The molecule has 0 atom stereocenters. The third kappa shape index (κ3) is 6.13. The molecule has 0 fully saturated rings. The molecular formula is C21H24ClN3O3S. The summed E-state index contributed by atoms with van der Waals surface area (Å²) >= 11 is 7.47. The number of thioether (sulfide) groups is 1. The van der Waals surface area contributed by atoms with Crippen LogP contribution in [0.15, 0.2) is 47.6 Å². The molecule has 0 saturated heterocycles. The first-order valence-electron chi connectivity index (χ1n) is 9.30. The monoisotopic (exact) mass is 433 g/mol. The normalized spacial score (nSPS) is 11.0. The van der Waals surface area contributed by atoms with Crippen molar-refractivity contribution in [2.24, 2.45) is 0 Å². The number of hydrogen-bond donors (Lipinski definition) is 1. The van der Waals surface area contributed by atoms with E-state index in [1.165, 1.54) is 11.8 Å². The number of carbonyl (C=O) groups is 1. The molecule has 3 aromatic rings. The third-order valence-electron chi connectivity index (χ3n) is 4.21. The first-order chi connectivity index (χ1) is 14.1. The van der Waals surface area contributed by atoms with Crippen LogP contribution in [0.4, 0.5) is 0 Å². The molecule has 0 radical (unpaired) electrons. The highest BCUT2D eigenvalue weighted by Crippen LogP contribution is 2.26. The molecule has 1 amide bonds. The van der Waals surface area contributed by atoms with Gasteiger partial charge in [-0.25, -0.2) is 4.98 Å². The number of imidazole rings is 1. The van der Waals surface area contributed by atoms with Crippen LogP contribution in [0.3, 0.4) is 0 Å². The van der Waals surface area contributed by atoms with E-state index >= 15 is 0 Å². The van der Waals surface area contributed by atoms with Gasteiger partial charge in [-0.3, -0.25) is 4.79 Å². The van der Waals surface area contributed by atoms with Crippen molar-refractivity contribution in [3.05, 3.63) is 53.1 Å². The maximum absolute atomic E-state index is 12.2. The summed E-state index contributed by atoms with van der Waals surface area (Å²) in [6, 6.07) is 13.4. The molecule has 2 aromatic carbocycles. The summed E-state index contributed by atoms with van der Waals surface area (Å²) in [5, 5.41) is 4.28. The topological polar surface area (TPSA) is 65.4 Å². The maximum atomic E-state index is 12.2. The van der Waals surface area contributed by atoms with Crippen LogP contribution in [0.1, 0.15) is 5.56 Å². The summed E-state index contributed by atoms with van der Waals surface area (Å²) in [5.41, 5.74) is 2.92. The third-order valence-corrected chi connectivity index (χ3v) is 5.42. The molecule has 0 aliphatic carbocycles. The van der Waals surface area contributed by atoms with Crippen molar-refractivity contribution in [1.82, 2.24) is 14.9 Å². The molecule has 8 heteroatoms. The summed E-state index contributed by atoms with van der Waals surface area (Å²) in [4.78, 5) is 16.8. The van der Waals surface area contributed by atoms with Gasteiger partial charge in [-0.15, -0.1) is 0 Å². The standard InChI is InChI=1S/C21H24ClN3O3S/c1-15-4-3-5-17(12-15)28-10-8-23-20(26)14-29-21-24-18-13-16(22)6-7-19(18)25(21)9-11-27-2/h3-7,12-13H,8-11,14H2,1-2H3,(H,23,26). The highest BCUT2D eigenvalue weighted by Gasteiger charge is 2.13. The van der Waals surface area contributed by atoms with Crippen LogP contribution >= 0.6 is 23.4 Å². The van der Waals surface area contributed by atoms with Crippen LogP contribution in [0, 0.1) is 6.92 Å². The first kappa shape index (κ1) is 21.5. The van der Waals surface area contributed by atoms with Crippen LogP contribution in [-0.4, -0.2) is 48.1 Å². The number of nitrogens with one attached hydrogen (secondary N) is 1. The van der Waals surface area contributed by atoms with Gasteiger partial charge in [-0.05, 0) is 42.8 Å².